The molecule has 3 nitrogen and oxygen atoms in total. The van der Waals surface area contributed by atoms with Gasteiger partial charge < -0.3 is 15.3 Å². The van der Waals surface area contributed by atoms with Crippen molar-refractivity contribution in [3.63, 3.8) is 0 Å². The summed E-state index contributed by atoms with van der Waals surface area (Å²) < 4.78 is 0. The standard InChI is InChI=1S/C19H16O3/c1-12-6-4-8-15(18(12)21)16-10-5-9-14(19(16)22)13-7-2-3-11-17(13)20/h2-11,20-22H,1H3. The minimum atomic E-state index is 0.0323. The molecular weight excluding hydrogens is 276 g/mol. The van der Waals surface area contributed by atoms with Crippen LogP contribution in [0.1, 0.15) is 5.56 Å². The summed E-state index contributed by atoms with van der Waals surface area (Å²) in [7, 11) is 0. The van der Waals surface area contributed by atoms with Crippen LogP contribution in [0.25, 0.3) is 22.3 Å². The maximum absolute atomic E-state index is 10.6. The molecule has 0 saturated heterocycles. The predicted molar refractivity (Wildman–Crippen MR) is 87.0 cm³/mol. The third kappa shape index (κ3) is 2.27. The number of phenols is 3. The Morgan fingerprint density at radius 2 is 1.05 bits per heavy atom. The van der Waals surface area contributed by atoms with E-state index in [4.69, 9.17) is 0 Å². The van der Waals surface area contributed by atoms with Gasteiger partial charge >= 0.3 is 0 Å². The molecule has 0 unspecified atom stereocenters. The molecule has 0 fully saturated rings. The van der Waals surface area contributed by atoms with E-state index in [0.717, 1.165) is 5.56 Å². The van der Waals surface area contributed by atoms with Crippen LogP contribution in [0, 0.1) is 6.92 Å². The summed E-state index contributed by atoms with van der Waals surface area (Å²) in [5.74, 6) is 0.278. The molecule has 0 bridgehead atoms. The fourth-order valence-corrected chi connectivity index (χ4v) is 2.56. The third-order valence-electron chi connectivity index (χ3n) is 3.76. The second kappa shape index (κ2) is 5.45. The van der Waals surface area contributed by atoms with Crippen molar-refractivity contribution in [2.24, 2.45) is 0 Å². The van der Waals surface area contributed by atoms with Crippen LogP contribution in [-0.4, -0.2) is 15.3 Å². The maximum Gasteiger partial charge on any atom is 0.131 e. The summed E-state index contributed by atoms with van der Waals surface area (Å²) in [5.41, 5.74) is 2.91. The summed E-state index contributed by atoms with van der Waals surface area (Å²) in [4.78, 5) is 0. The SMILES string of the molecule is Cc1cccc(-c2cccc(-c3ccccc3O)c2O)c1O. The van der Waals surface area contributed by atoms with E-state index in [2.05, 4.69) is 0 Å². The summed E-state index contributed by atoms with van der Waals surface area (Å²) >= 11 is 0. The number of aryl methyl sites for hydroxylation is 1. The minimum absolute atomic E-state index is 0.0323. The molecule has 3 aromatic carbocycles. The first-order valence-electron chi connectivity index (χ1n) is 6.99. The Bertz CT molecular complexity index is 838. The Labute approximate surface area is 128 Å². The first kappa shape index (κ1) is 14.0. The van der Waals surface area contributed by atoms with Crippen LogP contribution < -0.4 is 0 Å². The van der Waals surface area contributed by atoms with Crippen molar-refractivity contribution in [2.75, 3.05) is 0 Å². The maximum atomic E-state index is 10.6. The molecule has 0 aliphatic heterocycles. The molecule has 0 radical (unpaired) electrons. The molecule has 0 aromatic heterocycles. The number of hydrogen-bond acceptors (Lipinski definition) is 3. The second-order valence-corrected chi connectivity index (χ2v) is 5.19. The smallest absolute Gasteiger partial charge is 0.131 e. The molecule has 22 heavy (non-hydrogen) atoms. The van der Waals surface area contributed by atoms with Gasteiger partial charge in [0, 0.05) is 22.3 Å². The number of rotatable bonds is 2. The summed E-state index contributed by atoms with van der Waals surface area (Å²) in [6, 6.07) is 17.5. The van der Waals surface area contributed by atoms with Crippen LogP contribution in [0.4, 0.5) is 0 Å². The van der Waals surface area contributed by atoms with Gasteiger partial charge in [-0.1, -0.05) is 54.6 Å². The summed E-state index contributed by atoms with van der Waals surface area (Å²) in [6.45, 7) is 1.81. The lowest BCUT2D eigenvalue weighted by Gasteiger charge is -2.13. The van der Waals surface area contributed by atoms with Gasteiger partial charge in [0.15, 0.2) is 0 Å². The number of hydrogen-bond donors (Lipinski definition) is 3. The van der Waals surface area contributed by atoms with Crippen molar-refractivity contribution in [1.29, 1.82) is 0 Å². The summed E-state index contributed by atoms with van der Waals surface area (Å²) in [5, 5.41) is 30.8. The number of phenolic OH excluding ortho intramolecular Hbond substituents is 3. The monoisotopic (exact) mass is 292 g/mol. The number of benzene rings is 3. The van der Waals surface area contributed by atoms with E-state index in [1.54, 1.807) is 48.5 Å². The van der Waals surface area contributed by atoms with Crippen molar-refractivity contribution < 1.29 is 15.3 Å². The average molecular weight is 292 g/mol. The minimum Gasteiger partial charge on any atom is -0.507 e. The molecule has 0 aliphatic rings. The van der Waals surface area contributed by atoms with Gasteiger partial charge in [-0.25, -0.2) is 0 Å². The topological polar surface area (TPSA) is 60.7 Å². The van der Waals surface area contributed by atoms with E-state index in [0.29, 0.717) is 22.3 Å². The molecular formula is C19H16O3. The zero-order valence-corrected chi connectivity index (χ0v) is 12.1. The van der Waals surface area contributed by atoms with Crippen LogP contribution in [-0.2, 0) is 0 Å². The second-order valence-electron chi connectivity index (χ2n) is 5.19. The normalized spacial score (nSPS) is 10.6. The lowest BCUT2D eigenvalue weighted by atomic mass is 9.95. The molecule has 0 amide bonds. The van der Waals surface area contributed by atoms with Gasteiger partial charge in [0.25, 0.3) is 0 Å². The van der Waals surface area contributed by atoms with Gasteiger partial charge in [-0.05, 0) is 18.6 Å². The van der Waals surface area contributed by atoms with Crippen LogP contribution in [0.5, 0.6) is 17.2 Å². The molecule has 0 aliphatic carbocycles. The molecule has 3 N–H and O–H groups in total. The molecule has 3 aromatic rings. The van der Waals surface area contributed by atoms with Crippen molar-refractivity contribution in [2.45, 2.75) is 6.92 Å². The van der Waals surface area contributed by atoms with Gasteiger partial charge in [0.1, 0.15) is 17.2 Å². The van der Waals surface area contributed by atoms with Gasteiger partial charge in [-0.2, -0.15) is 0 Å². The highest BCUT2D eigenvalue weighted by molar-refractivity contribution is 5.86. The average Bonchev–Trinajstić information content (AvgIpc) is 2.52. The third-order valence-corrected chi connectivity index (χ3v) is 3.76. The van der Waals surface area contributed by atoms with Crippen molar-refractivity contribution in [3.05, 3.63) is 66.2 Å². The fourth-order valence-electron chi connectivity index (χ4n) is 2.56. The first-order valence-corrected chi connectivity index (χ1v) is 6.99. The molecule has 0 spiro atoms. The molecule has 0 heterocycles. The highest BCUT2D eigenvalue weighted by Gasteiger charge is 2.15. The Morgan fingerprint density at radius 3 is 1.73 bits per heavy atom. The highest BCUT2D eigenvalue weighted by atomic mass is 16.3. The highest BCUT2D eigenvalue weighted by Crippen LogP contribution is 2.43. The lowest BCUT2D eigenvalue weighted by molar-refractivity contribution is 0.465. The zero-order valence-electron chi connectivity index (χ0n) is 12.1. The van der Waals surface area contributed by atoms with Gasteiger partial charge in [0.05, 0.1) is 0 Å². The van der Waals surface area contributed by atoms with E-state index in [-0.39, 0.29) is 17.2 Å². The van der Waals surface area contributed by atoms with Gasteiger partial charge in [-0.3, -0.25) is 0 Å². The van der Waals surface area contributed by atoms with Crippen LogP contribution in [0.3, 0.4) is 0 Å². The molecule has 110 valence electrons. The fraction of sp³-hybridized carbons (Fsp3) is 0.0526. The predicted octanol–water partition coefficient (Wildman–Crippen LogP) is 4.45. The Kier molecular flexibility index (Phi) is 3.47. The van der Waals surface area contributed by atoms with E-state index < -0.39 is 0 Å². The van der Waals surface area contributed by atoms with Gasteiger partial charge in [-0.15, -0.1) is 0 Å². The van der Waals surface area contributed by atoms with E-state index in [1.807, 2.05) is 19.1 Å². The molecule has 3 rings (SSSR count). The largest absolute Gasteiger partial charge is 0.507 e. The van der Waals surface area contributed by atoms with E-state index in [1.165, 1.54) is 0 Å². The van der Waals surface area contributed by atoms with Crippen molar-refractivity contribution in [3.8, 4) is 39.5 Å². The number of aromatic hydroxyl groups is 3. The molecule has 0 saturated carbocycles. The number of para-hydroxylation sites is 3. The molecule has 0 atom stereocenters. The van der Waals surface area contributed by atoms with E-state index >= 15 is 0 Å². The van der Waals surface area contributed by atoms with Crippen LogP contribution in [0.2, 0.25) is 0 Å². The Hall–Kier alpha value is -2.94. The Morgan fingerprint density at radius 1 is 0.545 bits per heavy atom. The van der Waals surface area contributed by atoms with E-state index in [9.17, 15) is 15.3 Å². The lowest BCUT2D eigenvalue weighted by Crippen LogP contribution is -1.86. The molecule has 3 heteroatoms. The quantitative estimate of drug-likeness (QED) is 0.654. The zero-order chi connectivity index (χ0) is 15.7. The first-order chi connectivity index (χ1) is 10.6. The Balaban J connectivity index is 2.23. The van der Waals surface area contributed by atoms with Crippen molar-refractivity contribution >= 4 is 0 Å². The van der Waals surface area contributed by atoms with Crippen LogP contribution >= 0.6 is 0 Å². The summed E-state index contributed by atoms with van der Waals surface area (Å²) in [6.07, 6.45) is 0. The van der Waals surface area contributed by atoms with Crippen molar-refractivity contribution in [1.82, 2.24) is 0 Å². The van der Waals surface area contributed by atoms with Gasteiger partial charge in [0.2, 0.25) is 0 Å². The van der Waals surface area contributed by atoms with Crippen LogP contribution in [0.15, 0.2) is 60.7 Å².